The molecule has 0 bridgehead atoms. The van der Waals surface area contributed by atoms with Gasteiger partial charge in [0.2, 0.25) is 0 Å². The van der Waals surface area contributed by atoms with E-state index in [1.807, 2.05) is 30.3 Å². The van der Waals surface area contributed by atoms with Crippen LogP contribution < -0.4 is 5.73 Å². The van der Waals surface area contributed by atoms with Gasteiger partial charge in [-0.15, -0.1) is 15.0 Å². The average Bonchev–Trinajstić information content (AvgIpc) is 3.19. The Morgan fingerprint density at radius 1 is 0.828 bits per heavy atom. The van der Waals surface area contributed by atoms with Crippen LogP contribution in [-0.2, 0) is 13.0 Å². The molecule has 3 rings (SSSR count). The van der Waals surface area contributed by atoms with Crippen molar-refractivity contribution in [3.05, 3.63) is 53.6 Å². The largest absolute Gasteiger partial charge is 0.326 e. The molecule has 2 N–H and O–H groups in total. The van der Waals surface area contributed by atoms with Crippen molar-refractivity contribution in [1.29, 1.82) is 0 Å². The quantitative estimate of drug-likeness (QED) is 0.356. The maximum Gasteiger partial charge on any atom is 0.113 e. The molecule has 3 aromatic rings. The van der Waals surface area contributed by atoms with Gasteiger partial charge >= 0.3 is 0 Å². The van der Waals surface area contributed by atoms with Crippen LogP contribution in [0.25, 0.3) is 16.7 Å². The van der Waals surface area contributed by atoms with Gasteiger partial charge in [-0.3, -0.25) is 0 Å². The molecule has 0 aliphatic heterocycles. The first kappa shape index (κ1) is 21.5. The molecule has 0 aliphatic carbocycles. The van der Waals surface area contributed by atoms with E-state index >= 15 is 0 Å². The summed E-state index contributed by atoms with van der Waals surface area (Å²) in [7, 11) is 0. The van der Waals surface area contributed by atoms with E-state index < -0.39 is 0 Å². The summed E-state index contributed by atoms with van der Waals surface area (Å²) in [4.78, 5) is 1.69. The summed E-state index contributed by atoms with van der Waals surface area (Å²) in [6, 6.07) is 15.7. The molecule has 1 radical (unpaired) electrons. The van der Waals surface area contributed by atoms with E-state index in [9.17, 15) is 0 Å². The second-order valence-corrected chi connectivity index (χ2v) is 8.01. The molecular formula is C25H35N4. The summed E-state index contributed by atoms with van der Waals surface area (Å²) in [5.41, 5.74) is 10.9. The summed E-state index contributed by atoms with van der Waals surface area (Å²) in [5, 5.41) is 9.18. The lowest BCUT2D eigenvalue weighted by atomic mass is 10.0. The zero-order valence-electron chi connectivity index (χ0n) is 17.9. The molecule has 4 heteroatoms. The van der Waals surface area contributed by atoms with Crippen molar-refractivity contribution in [2.75, 3.05) is 0 Å². The van der Waals surface area contributed by atoms with Crippen molar-refractivity contribution < 1.29 is 0 Å². The number of hydrogen-bond acceptors (Lipinski definition) is 3. The van der Waals surface area contributed by atoms with Crippen molar-refractivity contribution >= 4 is 11.0 Å². The smallest absolute Gasteiger partial charge is 0.113 e. The van der Waals surface area contributed by atoms with E-state index in [1.165, 1.54) is 69.8 Å². The topological polar surface area (TPSA) is 56.7 Å². The van der Waals surface area contributed by atoms with Crippen molar-refractivity contribution in [2.45, 2.75) is 84.1 Å². The van der Waals surface area contributed by atoms with Gasteiger partial charge in [0.1, 0.15) is 11.0 Å². The van der Waals surface area contributed by atoms with E-state index in [0.29, 0.717) is 6.54 Å². The fourth-order valence-corrected chi connectivity index (χ4v) is 3.81. The van der Waals surface area contributed by atoms with Gasteiger partial charge in [0.15, 0.2) is 0 Å². The Morgan fingerprint density at radius 2 is 1.41 bits per heavy atom. The van der Waals surface area contributed by atoms with Gasteiger partial charge in [0.25, 0.3) is 0 Å². The van der Waals surface area contributed by atoms with Gasteiger partial charge in [-0.2, -0.15) is 0 Å². The van der Waals surface area contributed by atoms with Gasteiger partial charge in [0.05, 0.1) is 5.69 Å². The second-order valence-electron chi connectivity index (χ2n) is 8.01. The first-order valence-corrected chi connectivity index (χ1v) is 11.4. The minimum atomic E-state index is 0.521. The van der Waals surface area contributed by atoms with Gasteiger partial charge in [0, 0.05) is 12.6 Å². The Labute approximate surface area is 175 Å². The van der Waals surface area contributed by atoms with E-state index in [0.717, 1.165) is 28.7 Å². The molecule has 0 aliphatic rings. The Balaban J connectivity index is 1.49. The van der Waals surface area contributed by atoms with Crippen LogP contribution in [0, 0.1) is 6.07 Å². The molecule has 29 heavy (non-hydrogen) atoms. The lowest BCUT2D eigenvalue weighted by molar-refractivity contribution is 0.556. The number of unbranched alkanes of at least 4 members (excludes halogenated alkanes) is 9. The lowest BCUT2D eigenvalue weighted by Gasteiger charge is -2.08. The molecule has 0 amide bonds. The monoisotopic (exact) mass is 391 g/mol. The molecule has 0 atom stereocenters. The molecule has 0 spiro atoms. The zero-order chi connectivity index (χ0) is 20.3. The fraction of sp³-hybridized carbons (Fsp3) is 0.520. The predicted octanol–water partition coefficient (Wildman–Crippen LogP) is 6.14. The van der Waals surface area contributed by atoms with E-state index in [-0.39, 0.29) is 0 Å². The normalized spacial score (nSPS) is 11.4. The van der Waals surface area contributed by atoms with Crippen molar-refractivity contribution in [2.24, 2.45) is 5.73 Å². The lowest BCUT2D eigenvalue weighted by Crippen LogP contribution is -2.04. The first-order chi connectivity index (χ1) is 14.3. The molecule has 0 fully saturated rings. The van der Waals surface area contributed by atoms with Crippen LogP contribution in [0.5, 0.6) is 0 Å². The minimum Gasteiger partial charge on any atom is -0.326 e. The van der Waals surface area contributed by atoms with Crippen LogP contribution in [0.15, 0.2) is 36.4 Å². The van der Waals surface area contributed by atoms with Gasteiger partial charge < -0.3 is 5.73 Å². The Morgan fingerprint density at radius 3 is 2.00 bits per heavy atom. The highest BCUT2D eigenvalue weighted by atomic mass is 15.5. The molecule has 1 aromatic heterocycles. The van der Waals surface area contributed by atoms with Gasteiger partial charge in [-0.05, 0) is 42.2 Å². The third-order valence-electron chi connectivity index (χ3n) is 5.51. The maximum atomic E-state index is 5.93. The van der Waals surface area contributed by atoms with Crippen LogP contribution in [-0.4, -0.2) is 15.0 Å². The summed E-state index contributed by atoms with van der Waals surface area (Å²) >= 11 is 0. The Bertz CT molecular complexity index is 835. The fourth-order valence-electron chi connectivity index (χ4n) is 3.81. The molecule has 0 saturated heterocycles. The van der Waals surface area contributed by atoms with Gasteiger partial charge in [-0.25, -0.2) is 0 Å². The predicted molar refractivity (Wildman–Crippen MR) is 121 cm³/mol. The van der Waals surface area contributed by atoms with Crippen molar-refractivity contribution in [3.8, 4) is 5.69 Å². The number of rotatable bonds is 13. The molecule has 155 valence electrons. The number of hydrogen-bond donors (Lipinski definition) is 1. The number of nitrogens with two attached hydrogens (primary N) is 1. The highest BCUT2D eigenvalue weighted by molar-refractivity contribution is 5.73. The third kappa shape index (κ3) is 6.67. The molecule has 4 nitrogen and oxygen atoms in total. The molecule has 0 unspecified atom stereocenters. The van der Waals surface area contributed by atoms with Crippen LogP contribution >= 0.6 is 0 Å². The average molecular weight is 392 g/mol. The number of aromatic nitrogens is 3. The number of nitrogens with zero attached hydrogens (tertiary/aromatic N) is 3. The second kappa shape index (κ2) is 11.7. The maximum absolute atomic E-state index is 5.93. The van der Waals surface area contributed by atoms with Crippen LogP contribution in [0.3, 0.4) is 0 Å². The van der Waals surface area contributed by atoms with Crippen LogP contribution in [0.1, 0.15) is 82.3 Å². The molecular weight excluding hydrogens is 356 g/mol. The summed E-state index contributed by atoms with van der Waals surface area (Å²) in [5.74, 6) is 0. The van der Waals surface area contributed by atoms with Crippen molar-refractivity contribution in [3.63, 3.8) is 0 Å². The first-order valence-electron chi connectivity index (χ1n) is 11.4. The molecule has 1 heterocycles. The van der Waals surface area contributed by atoms with Crippen LogP contribution in [0.2, 0.25) is 0 Å². The number of fused-ring (bicyclic) bond motifs is 1. The third-order valence-corrected chi connectivity index (χ3v) is 5.51. The number of aryl methyl sites for hydroxylation is 1. The standard InChI is InChI=1S/C25H35N4/c1-2-3-4-5-6-7-8-9-10-11-14-21-17-22(20-26)19-23(18-21)29-27-24-15-12-13-16-25(24)28-29/h12-13,15-17,19H,2-11,14,20,26H2,1H3. The zero-order valence-corrected chi connectivity index (χ0v) is 17.9. The van der Waals surface area contributed by atoms with Crippen molar-refractivity contribution in [1.82, 2.24) is 15.0 Å². The summed E-state index contributed by atoms with van der Waals surface area (Å²) < 4.78 is 0. The Kier molecular flexibility index (Phi) is 8.69. The van der Waals surface area contributed by atoms with Gasteiger partial charge in [-0.1, -0.05) is 82.9 Å². The highest BCUT2D eigenvalue weighted by Crippen LogP contribution is 2.18. The van der Waals surface area contributed by atoms with Crippen LogP contribution in [0.4, 0.5) is 0 Å². The highest BCUT2D eigenvalue weighted by Gasteiger charge is 2.07. The minimum absolute atomic E-state index is 0.521. The SMILES string of the molecule is CCCCCCCCCCCCc1[c]c(-n2nc3ccccc3n2)cc(CN)c1. The molecule has 2 aromatic carbocycles. The van der Waals surface area contributed by atoms with E-state index in [1.54, 1.807) is 4.80 Å². The number of benzene rings is 2. The van der Waals surface area contributed by atoms with E-state index in [4.69, 9.17) is 5.73 Å². The Hall–Kier alpha value is -2.20. The summed E-state index contributed by atoms with van der Waals surface area (Å²) in [6.07, 6.45) is 14.6. The van der Waals surface area contributed by atoms with E-state index in [2.05, 4.69) is 29.3 Å². The molecule has 0 saturated carbocycles. The summed E-state index contributed by atoms with van der Waals surface area (Å²) in [6.45, 7) is 2.80.